The number of para-hydroxylation sites is 2. The van der Waals surface area contributed by atoms with Crippen molar-refractivity contribution in [1.82, 2.24) is 15.0 Å². The van der Waals surface area contributed by atoms with Gasteiger partial charge in [-0.25, -0.2) is 15.0 Å². The van der Waals surface area contributed by atoms with Gasteiger partial charge in [0.1, 0.15) is 11.5 Å². The van der Waals surface area contributed by atoms with E-state index in [2.05, 4.69) is 152 Å². The van der Waals surface area contributed by atoms with Crippen molar-refractivity contribution in [2.45, 2.75) is 5.41 Å². The molecule has 0 N–H and O–H groups in total. The highest BCUT2D eigenvalue weighted by atomic mass is 16.5. The van der Waals surface area contributed by atoms with Crippen LogP contribution in [0.25, 0.3) is 67.2 Å². The third-order valence-electron chi connectivity index (χ3n) is 10.9. The predicted octanol–water partition coefficient (Wildman–Crippen LogP) is 12.2. The molecule has 1 aliphatic carbocycles. The van der Waals surface area contributed by atoms with Gasteiger partial charge in [0.05, 0.1) is 28.2 Å². The summed E-state index contributed by atoms with van der Waals surface area (Å²) < 4.78 is 6.60. The molecule has 0 radical (unpaired) electrons. The molecule has 9 aromatic rings. The first kappa shape index (κ1) is 30.5. The SMILES string of the molecule is c1ccc(-c2cc(-c3ccccc3)nc(-c3cccc(-c4nc5c(c6ccccc46)C4(c6ccccc6Oc6ccccc64)c4ccccc4-5)c3)n2)cc1. The van der Waals surface area contributed by atoms with Crippen LogP contribution in [-0.2, 0) is 5.41 Å². The molecule has 252 valence electrons. The topological polar surface area (TPSA) is 47.9 Å². The third-order valence-corrected chi connectivity index (χ3v) is 10.9. The summed E-state index contributed by atoms with van der Waals surface area (Å²) in [5.41, 5.74) is 12.9. The van der Waals surface area contributed by atoms with Crippen molar-refractivity contribution in [3.8, 4) is 67.9 Å². The summed E-state index contributed by atoms with van der Waals surface area (Å²) in [4.78, 5) is 16.0. The summed E-state index contributed by atoms with van der Waals surface area (Å²) in [7, 11) is 0. The summed E-state index contributed by atoms with van der Waals surface area (Å²) in [6.45, 7) is 0. The number of ether oxygens (including phenoxy) is 1. The zero-order valence-corrected chi connectivity index (χ0v) is 29.1. The van der Waals surface area contributed by atoms with Gasteiger partial charge in [-0.2, -0.15) is 0 Å². The predicted molar refractivity (Wildman–Crippen MR) is 216 cm³/mol. The Morgan fingerprint density at radius 1 is 0.370 bits per heavy atom. The Morgan fingerprint density at radius 3 is 1.56 bits per heavy atom. The van der Waals surface area contributed by atoms with Crippen LogP contribution in [0.4, 0.5) is 0 Å². The van der Waals surface area contributed by atoms with Crippen LogP contribution in [0.5, 0.6) is 11.5 Å². The van der Waals surface area contributed by atoms with E-state index in [4.69, 9.17) is 19.7 Å². The number of hydrogen-bond donors (Lipinski definition) is 0. The number of pyridine rings is 1. The second kappa shape index (κ2) is 11.9. The lowest BCUT2D eigenvalue weighted by atomic mass is 9.65. The van der Waals surface area contributed by atoms with E-state index in [0.29, 0.717) is 5.82 Å². The van der Waals surface area contributed by atoms with Crippen LogP contribution in [0.15, 0.2) is 188 Å². The highest BCUT2D eigenvalue weighted by Gasteiger charge is 2.52. The van der Waals surface area contributed by atoms with Crippen LogP contribution in [0.3, 0.4) is 0 Å². The molecular weight excluding hydrogens is 659 g/mol. The Morgan fingerprint density at radius 2 is 0.889 bits per heavy atom. The highest BCUT2D eigenvalue weighted by molar-refractivity contribution is 6.05. The van der Waals surface area contributed by atoms with E-state index >= 15 is 0 Å². The van der Waals surface area contributed by atoms with Gasteiger partial charge >= 0.3 is 0 Å². The van der Waals surface area contributed by atoms with Crippen LogP contribution in [0, 0.1) is 0 Å². The van der Waals surface area contributed by atoms with Gasteiger partial charge < -0.3 is 4.74 Å². The number of benzene rings is 7. The van der Waals surface area contributed by atoms with E-state index in [1.807, 2.05) is 36.4 Å². The molecule has 4 nitrogen and oxygen atoms in total. The second-order valence-electron chi connectivity index (χ2n) is 13.9. The monoisotopic (exact) mass is 689 g/mol. The van der Waals surface area contributed by atoms with Gasteiger partial charge in [-0.1, -0.05) is 164 Å². The molecule has 2 aromatic heterocycles. The molecule has 3 heterocycles. The second-order valence-corrected chi connectivity index (χ2v) is 13.9. The van der Waals surface area contributed by atoms with Gasteiger partial charge in [0.15, 0.2) is 5.82 Å². The molecule has 11 rings (SSSR count). The molecule has 54 heavy (non-hydrogen) atoms. The van der Waals surface area contributed by atoms with E-state index in [9.17, 15) is 0 Å². The Hall–Kier alpha value is -7.17. The zero-order chi connectivity index (χ0) is 35.6. The van der Waals surface area contributed by atoms with E-state index in [-0.39, 0.29) is 0 Å². The Labute approximate surface area is 313 Å². The summed E-state index contributed by atoms with van der Waals surface area (Å²) in [5.74, 6) is 2.40. The largest absolute Gasteiger partial charge is 0.457 e. The summed E-state index contributed by atoms with van der Waals surface area (Å²) in [6.07, 6.45) is 0. The van der Waals surface area contributed by atoms with E-state index in [0.717, 1.165) is 78.6 Å². The van der Waals surface area contributed by atoms with Crippen LogP contribution in [-0.4, -0.2) is 15.0 Å². The number of rotatable bonds is 4. The number of fused-ring (bicyclic) bond motifs is 11. The fourth-order valence-corrected chi connectivity index (χ4v) is 8.66. The van der Waals surface area contributed by atoms with Crippen molar-refractivity contribution in [2.24, 2.45) is 0 Å². The molecular formula is C50H31N3O. The molecule has 7 aromatic carbocycles. The summed E-state index contributed by atoms with van der Waals surface area (Å²) in [5, 5.41) is 2.25. The zero-order valence-electron chi connectivity index (χ0n) is 29.1. The Balaban J connectivity index is 1.16. The van der Waals surface area contributed by atoms with Gasteiger partial charge in [0.2, 0.25) is 0 Å². The van der Waals surface area contributed by atoms with Crippen LogP contribution >= 0.6 is 0 Å². The molecule has 0 fully saturated rings. The number of aromatic nitrogens is 3. The van der Waals surface area contributed by atoms with E-state index in [1.165, 1.54) is 16.5 Å². The maximum atomic E-state index is 6.60. The summed E-state index contributed by atoms with van der Waals surface area (Å²) >= 11 is 0. The first-order valence-corrected chi connectivity index (χ1v) is 18.3. The van der Waals surface area contributed by atoms with Crippen molar-refractivity contribution < 1.29 is 4.74 Å². The Bertz CT molecular complexity index is 2820. The molecule has 1 aliphatic heterocycles. The van der Waals surface area contributed by atoms with Gasteiger partial charge in [-0.15, -0.1) is 0 Å². The fraction of sp³-hybridized carbons (Fsp3) is 0.0200. The average Bonchev–Trinajstić information content (AvgIpc) is 3.54. The molecule has 0 amide bonds. The molecule has 0 bridgehead atoms. The normalized spacial score (nSPS) is 13.1. The van der Waals surface area contributed by atoms with Gasteiger partial charge in [-0.05, 0) is 35.2 Å². The van der Waals surface area contributed by atoms with E-state index in [1.54, 1.807) is 0 Å². The van der Waals surface area contributed by atoms with E-state index < -0.39 is 5.41 Å². The molecule has 4 heteroatoms. The first-order valence-electron chi connectivity index (χ1n) is 18.3. The van der Waals surface area contributed by atoms with Gasteiger partial charge in [-0.3, -0.25) is 0 Å². The third kappa shape index (κ3) is 4.47. The van der Waals surface area contributed by atoms with Gasteiger partial charge in [0, 0.05) is 49.9 Å². The minimum Gasteiger partial charge on any atom is -0.457 e. The first-order chi connectivity index (χ1) is 26.8. The average molecular weight is 690 g/mol. The van der Waals surface area contributed by atoms with Crippen molar-refractivity contribution in [1.29, 1.82) is 0 Å². The number of nitrogens with zero attached hydrogens (tertiary/aromatic N) is 3. The smallest absolute Gasteiger partial charge is 0.160 e. The lowest BCUT2D eigenvalue weighted by Crippen LogP contribution is -2.32. The van der Waals surface area contributed by atoms with Crippen LogP contribution in [0.1, 0.15) is 22.3 Å². The lowest BCUT2D eigenvalue weighted by molar-refractivity contribution is 0.437. The van der Waals surface area contributed by atoms with Crippen LogP contribution in [0.2, 0.25) is 0 Å². The van der Waals surface area contributed by atoms with Crippen LogP contribution < -0.4 is 4.74 Å². The fourth-order valence-electron chi connectivity index (χ4n) is 8.66. The van der Waals surface area contributed by atoms with Crippen molar-refractivity contribution in [3.05, 3.63) is 210 Å². The highest BCUT2D eigenvalue weighted by Crippen LogP contribution is 2.63. The van der Waals surface area contributed by atoms with Crippen molar-refractivity contribution in [3.63, 3.8) is 0 Å². The quantitative estimate of drug-likeness (QED) is 0.185. The Kier molecular flexibility index (Phi) is 6.73. The maximum absolute atomic E-state index is 6.60. The molecule has 2 aliphatic rings. The molecule has 0 saturated heterocycles. The lowest BCUT2D eigenvalue weighted by Gasteiger charge is -2.39. The number of hydrogen-bond acceptors (Lipinski definition) is 4. The maximum Gasteiger partial charge on any atom is 0.160 e. The standard InChI is InChI=1S/C50H31N3O/c1-3-16-32(17-4-1)42-31-43(33-18-5-2-6-19-33)52-49(51-42)35-21-15-20-34(30-35)47-37-23-8-7-22-36(37)46-48(53-47)38-24-9-10-25-39(38)50(46)40-26-11-13-28-44(40)54-45-29-14-12-27-41(45)50/h1-31H. The van der Waals surface area contributed by atoms with Crippen molar-refractivity contribution >= 4 is 10.8 Å². The minimum atomic E-state index is -0.607. The van der Waals surface area contributed by atoms with Crippen molar-refractivity contribution in [2.75, 3.05) is 0 Å². The minimum absolute atomic E-state index is 0.607. The van der Waals surface area contributed by atoms with Gasteiger partial charge in [0.25, 0.3) is 0 Å². The molecule has 0 unspecified atom stereocenters. The molecule has 1 spiro atoms. The molecule has 0 atom stereocenters. The molecule has 0 saturated carbocycles. The summed E-state index contributed by atoms with van der Waals surface area (Å²) in [6, 6.07) is 65.7.